The van der Waals surface area contributed by atoms with E-state index in [0.717, 1.165) is 18.2 Å². The fourth-order valence-corrected chi connectivity index (χ4v) is 3.11. The number of nitrogens with zero attached hydrogens (tertiary/aromatic N) is 1. The lowest BCUT2D eigenvalue weighted by molar-refractivity contribution is -0.120. The van der Waals surface area contributed by atoms with Gasteiger partial charge in [-0.25, -0.2) is 18.1 Å². The predicted octanol–water partition coefficient (Wildman–Crippen LogP) is 4.50. The Hall–Kier alpha value is -3.87. The maximum Gasteiger partial charge on any atom is 0.282 e. The SMILES string of the molecule is O=C1C(Nc2cccc(F)c2)=C(c2ccccc2)C(=O)N1c1ccc(F)cc1F. The lowest BCUT2D eigenvalue weighted by Crippen LogP contribution is -2.33. The van der Waals surface area contributed by atoms with Crippen LogP contribution in [0.4, 0.5) is 24.5 Å². The van der Waals surface area contributed by atoms with Crippen LogP contribution in [0, 0.1) is 17.5 Å². The highest BCUT2D eigenvalue weighted by atomic mass is 19.1. The second kappa shape index (κ2) is 7.27. The van der Waals surface area contributed by atoms with Crippen LogP contribution in [-0.2, 0) is 9.59 Å². The molecule has 1 heterocycles. The lowest BCUT2D eigenvalue weighted by Gasteiger charge is -2.16. The van der Waals surface area contributed by atoms with Crippen LogP contribution < -0.4 is 10.2 Å². The zero-order chi connectivity index (χ0) is 20.5. The molecule has 29 heavy (non-hydrogen) atoms. The third kappa shape index (κ3) is 3.38. The first-order chi connectivity index (χ1) is 14.0. The monoisotopic (exact) mass is 394 g/mol. The van der Waals surface area contributed by atoms with E-state index in [1.807, 2.05) is 0 Å². The Morgan fingerprint density at radius 2 is 1.45 bits per heavy atom. The van der Waals surface area contributed by atoms with Crippen molar-refractivity contribution in [3.05, 3.63) is 102 Å². The van der Waals surface area contributed by atoms with Crippen molar-refractivity contribution in [2.24, 2.45) is 0 Å². The van der Waals surface area contributed by atoms with Crippen LogP contribution in [0.25, 0.3) is 5.57 Å². The van der Waals surface area contributed by atoms with Gasteiger partial charge in [0.2, 0.25) is 0 Å². The molecule has 1 N–H and O–H groups in total. The van der Waals surface area contributed by atoms with Gasteiger partial charge in [0.25, 0.3) is 11.8 Å². The molecule has 0 saturated heterocycles. The molecule has 0 unspecified atom stereocenters. The third-order valence-electron chi connectivity index (χ3n) is 4.39. The molecule has 2 amide bonds. The molecule has 0 atom stereocenters. The number of rotatable bonds is 4. The summed E-state index contributed by atoms with van der Waals surface area (Å²) in [6.45, 7) is 0. The summed E-state index contributed by atoms with van der Waals surface area (Å²) in [7, 11) is 0. The Kier molecular flexibility index (Phi) is 4.64. The van der Waals surface area contributed by atoms with Crippen LogP contribution in [0.3, 0.4) is 0 Å². The van der Waals surface area contributed by atoms with Crippen molar-refractivity contribution in [2.75, 3.05) is 10.2 Å². The van der Waals surface area contributed by atoms with E-state index in [1.54, 1.807) is 30.3 Å². The first-order valence-corrected chi connectivity index (χ1v) is 8.62. The molecule has 0 spiro atoms. The molecule has 3 aromatic carbocycles. The maximum atomic E-state index is 14.3. The van der Waals surface area contributed by atoms with E-state index >= 15 is 0 Å². The van der Waals surface area contributed by atoms with Crippen LogP contribution in [-0.4, -0.2) is 11.8 Å². The Labute approximate surface area is 163 Å². The molecule has 144 valence electrons. The van der Waals surface area contributed by atoms with Crippen LogP contribution in [0.2, 0.25) is 0 Å². The van der Waals surface area contributed by atoms with Crippen molar-refractivity contribution < 1.29 is 22.8 Å². The highest BCUT2D eigenvalue weighted by Crippen LogP contribution is 2.35. The molecule has 1 aliphatic heterocycles. The number of nitrogens with one attached hydrogen (secondary N) is 1. The molecule has 7 heteroatoms. The van der Waals surface area contributed by atoms with Crippen LogP contribution in [0.15, 0.2) is 78.5 Å². The summed E-state index contributed by atoms with van der Waals surface area (Å²) in [4.78, 5) is 26.8. The van der Waals surface area contributed by atoms with Gasteiger partial charge >= 0.3 is 0 Å². The minimum absolute atomic E-state index is 0.00332. The summed E-state index contributed by atoms with van der Waals surface area (Å²) < 4.78 is 41.2. The lowest BCUT2D eigenvalue weighted by atomic mass is 10.0. The second-order valence-electron chi connectivity index (χ2n) is 6.29. The number of benzene rings is 3. The van der Waals surface area contributed by atoms with Gasteiger partial charge in [0.05, 0.1) is 11.3 Å². The standard InChI is InChI=1S/C22H13F3N2O2/c23-14-7-4-8-16(11-14)26-20-19(13-5-2-1-3-6-13)21(28)27(22(20)29)18-10-9-15(24)12-17(18)25/h1-12,26H. The molecule has 1 aliphatic rings. The molecule has 0 fully saturated rings. The number of hydrogen-bond donors (Lipinski definition) is 1. The number of hydrogen-bond acceptors (Lipinski definition) is 3. The topological polar surface area (TPSA) is 49.4 Å². The highest BCUT2D eigenvalue weighted by Gasteiger charge is 2.41. The van der Waals surface area contributed by atoms with Crippen molar-refractivity contribution in [2.45, 2.75) is 0 Å². The Bertz CT molecular complexity index is 1160. The van der Waals surface area contributed by atoms with Crippen LogP contribution in [0.5, 0.6) is 0 Å². The first-order valence-electron chi connectivity index (χ1n) is 8.62. The molecule has 4 nitrogen and oxygen atoms in total. The van der Waals surface area contributed by atoms with E-state index in [9.17, 15) is 22.8 Å². The number of anilines is 2. The molecular formula is C22H13F3N2O2. The average Bonchev–Trinajstić information content (AvgIpc) is 2.93. The van der Waals surface area contributed by atoms with Crippen molar-refractivity contribution in [3.8, 4) is 0 Å². The van der Waals surface area contributed by atoms with Gasteiger partial charge in [-0.2, -0.15) is 0 Å². The van der Waals surface area contributed by atoms with Gasteiger partial charge in [0.1, 0.15) is 23.1 Å². The van der Waals surface area contributed by atoms with Crippen molar-refractivity contribution in [3.63, 3.8) is 0 Å². The van der Waals surface area contributed by atoms with Gasteiger partial charge < -0.3 is 5.32 Å². The van der Waals surface area contributed by atoms with Gasteiger partial charge in [-0.3, -0.25) is 9.59 Å². The molecule has 0 radical (unpaired) electrons. The fourth-order valence-electron chi connectivity index (χ4n) is 3.11. The number of carbonyl (C=O) groups is 2. The average molecular weight is 394 g/mol. The smallest absolute Gasteiger partial charge is 0.282 e. The predicted molar refractivity (Wildman–Crippen MR) is 102 cm³/mol. The van der Waals surface area contributed by atoms with Gasteiger partial charge in [0, 0.05) is 11.8 Å². The minimum Gasteiger partial charge on any atom is -0.350 e. The van der Waals surface area contributed by atoms with Crippen LogP contribution in [0.1, 0.15) is 5.56 Å². The second-order valence-corrected chi connectivity index (χ2v) is 6.29. The molecule has 0 bridgehead atoms. The van der Waals surface area contributed by atoms with Crippen molar-refractivity contribution >= 4 is 28.8 Å². The summed E-state index contributed by atoms with van der Waals surface area (Å²) in [5.74, 6) is -4.02. The summed E-state index contributed by atoms with van der Waals surface area (Å²) in [5.41, 5.74) is 0.177. The van der Waals surface area contributed by atoms with Gasteiger partial charge in [-0.1, -0.05) is 36.4 Å². The maximum absolute atomic E-state index is 14.3. The van der Waals surface area contributed by atoms with Gasteiger partial charge in [0.15, 0.2) is 0 Å². The van der Waals surface area contributed by atoms with Gasteiger partial charge in [-0.15, -0.1) is 0 Å². The van der Waals surface area contributed by atoms with Gasteiger partial charge in [-0.05, 0) is 35.9 Å². The normalized spacial score (nSPS) is 14.0. The molecule has 0 aromatic heterocycles. The third-order valence-corrected chi connectivity index (χ3v) is 4.39. The van der Waals surface area contributed by atoms with E-state index < -0.39 is 29.3 Å². The van der Waals surface area contributed by atoms with E-state index in [2.05, 4.69) is 5.32 Å². The number of imide groups is 1. The van der Waals surface area contributed by atoms with Crippen molar-refractivity contribution in [1.82, 2.24) is 0 Å². The molecule has 3 aromatic rings. The zero-order valence-corrected chi connectivity index (χ0v) is 14.8. The number of carbonyl (C=O) groups excluding carboxylic acids is 2. The highest BCUT2D eigenvalue weighted by molar-refractivity contribution is 6.46. The number of amides is 2. The molecular weight excluding hydrogens is 381 g/mol. The Morgan fingerprint density at radius 1 is 0.724 bits per heavy atom. The summed E-state index contributed by atoms with van der Waals surface area (Å²) in [5, 5.41) is 2.77. The zero-order valence-electron chi connectivity index (χ0n) is 14.8. The first kappa shape index (κ1) is 18.5. The quantitative estimate of drug-likeness (QED) is 0.663. The minimum atomic E-state index is -1.05. The van der Waals surface area contributed by atoms with Crippen LogP contribution >= 0.6 is 0 Å². The molecule has 4 rings (SSSR count). The molecule has 0 aliphatic carbocycles. The van der Waals surface area contributed by atoms with E-state index in [-0.39, 0.29) is 22.6 Å². The fraction of sp³-hybridized carbons (Fsp3) is 0. The van der Waals surface area contributed by atoms with E-state index in [4.69, 9.17) is 0 Å². The Morgan fingerprint density at radius 3 is 2.14 bits per heavy atom. The number of halogens is 3. The van der Waals surface area contributed by atoms with E-state index in [1.165, 1.54) is 18.2 Å². The molecule has 0 saturated carbocycles. The summed E-state index contributed by atoms with van der Waals surface area (Å²) in [6, 6.07) is 16.3. The Balaban J connectivity index is 1.84. The largest absolute Gasteiger partial charge is 0.350 e. The summed E-state index contributed by atoms with van der Waals surface area (Å²) in [6.07, 6.45) is 0. The van der Waals surface area contributed by atoms with E-state index in [0.29, 0.717) is 16.5 Å². The summed E-state index contributed by atoms with van der Waals surface area (Å²) >= 11 is 0. The van der Waals surface area contributed by atoms with Crippen molar-refractivity contribution in [1.29, 1.82) is 0 Å².